The molecule has 1 heterocycles. The zero-order valence-electron chi connectivity index (χ0n) is 15.1. The van der Waals surface area contributed by atoms with Gasteiger partial charge in [-0.2, -0.15) is 0 Å². The number of hydrogen-bond donors (Lipinski definition) is 2. The van der Waals surface area contributed by atoms with E-state index in [0.29, 0.717) is 10.6 Å². The Labute approximate surface area is 162 Å². The molecule has 140 valence electrons. The van der Waals surface area contributed by atoms with E-state index in [1.807, 2.05) is 32.0 Å². The average molecular weight is 386 g/mol. The molecule has 0 bridgehead atoms. The van der Waals surface area contributed by atoms with Crippen LogP contribution in [0.25, 0.3) is 0 Å². The number of nitrogens with one attached hydrogen (secondary N) is 2. The number of hydrazine groups is 1. The van der Waals surface area contributed by atoms with Crippen LogP contribution < -0.4 is 15.8 Å². The maximum Gasteiger partial charge on any atom is 0.269 e. The molecule has 0 aliphatic carbocycles. The van der Waals surface area contributed by atoms with Crippen LogP contribution in [0, 0.1) is 19.8 Å². The lowest BCUT2D eigenvalue weighted by Crippen LogP contribution is -2.45. The monoisotopic (exact) mass is 385 g/mol. The Hall–Kier alpha value is -2.86. The van der Waals surface area contributed by atoms with Crippen molar-refractivity contribution in [1.82, 2.24) is 10.9 Å². The minimum Gasteiger partial charge on any atom is -0.311 e. The Morgan fingerprint density at radius 3 is 2.44 bits per heavy atom. The predicted octanol–water partition coefficient (Wildman–Crippen LogP) is 2.77. The van der Waals surface area contributed by atoms with Crippen molar-refractivity contribution in [2.75, 3.05) is 11.4 Å². The second-order valence-electron chi connectivity index (χ2n) is 6.65. The van der Waals surface area contributed by atoms with Crippen molar-refractivity contribution in [3.63, 3.8) is 0 Å². The first-order valence-corrected chi connectivity index (χ1v) is 8.96. The summed E-state index contributed by atoms with van der Waals surface area (Å²) in [4.78, 5) is 38.4. The zero-order chi connectivity index (χ0) is 19.6. The molecule has 6 nitrogen and oxygen atoms in total. The second-order valence-corrected chi connectivity index (χ2v) is 7.08. The number of carbonyl (C=O) groups is 3. The molecule has 1 fully saturated rings. The minimum atomic E-state index is -0.524. The number of hydrogen-bond acceptors (Lipinski definition) is 3. The molecule has 3 rings (SSSR count). The van der Waals surface area contributed by atoms with Crippen molar-refractivity contribution in [2.24, 2.45) is 5.92 Å². The SMILES string of the molecule is Cc1ccc(N2C[C@@H](C(=O)NNC(=O)c3ccc(Cl)cc3)CC2=O)c(C)c1. The number of anilines is 1. The summed E-state index contributed by atoms with van der Waals surface area (Å²) < 4.78 is 0. The van der Waals surface area contributed by atoms with Crippen molar-refractivity contribution < 1.29 is 14.4 Å². The van der Waals surface area contributed by atoms with E-state index in [1.54, 1.807) is 29.2 Å². The molecular formula is C20H20ClN3O3. The maximum absolute atomic E-state index is 12.4. The van der Waals surface area contributed by atoms with E-state index < -0.39 is 17.7 Å². The number of halogens is 1. The fourth-order valence-electron chi connectivity index (χ4n) is 3.12. The van der Waals surface area contributed by atoms with E-state index in [-0.39, 0.29) is 18.9 Å². The first-order chi connectivity index (χ1) is 12.8. The zero-order valence-corrected chi connectivity index (χ0v) is 15.8. The Bertz CT molecular complexity index is 896. The Balaban J connectivity index is 1.60. The van der Waals surface area contributed by atoms with Crippen LogP contribution in [0.5, 0.6) is 0 Å². The van der Waals surface area contributed by atoms with Gasteiger partial charge < -0.3 is 4.90 Å². The van der Waals surface area contributed by atoms with Gasteiger partial charge in [-0.25, -0.2) is 0 Å². The van der Waals surface area contributed by atoms with E-state index in [0.717, 1.165) is 16.8 Å². The molecule has 2 aromatic carbocycles. The second kappa shape index (κ2) is 7.80. The number of amides is 3. The number of aryl methyl sites for hydroxylation is 2. The van der Waals surface area contributed by atoms with Gasteiger partial charge in [0.25, 0.3) is 5.91 Å². The van der Waals surface area contributed by atoms with Gasteiger partial charge in [-0.3, -0.25) is 25.2 Å². The molecule has 1 aliphatic rings. The number of carbonyl (C=O) groups excluding carboxylic acids is 3. The smallest absolute Gasteiger partial charge is 0.269 e. The van der Waals surface area contributed by atoms with Crippen molar-refractivity contribution >= 4 is 35.0 Å². The Morgan fingerprint density at radius 2 is 1.78 bits per heavy atom. The molecule has 0 radical (unpaired) electrons. The van der Waals surface area contributed by atoms with Crippen LogP contribution >= 0.6 is 11.6 Å². The van der Waals surface area contributed by atoms with Crippen LogP contribution in [0.4, 0.5) is 5.69 Å². The predicted molar refractivity (Wildman–Crippen MR) is 103 cm³/mol. The molecule has 0 saturated carbocycles. The van der Waals surface area contributed by atoms with Crippen molar-refractivity contribution in [3.8, 4) is 0 Å². The van der Waals surface area contributed by atoms with Gasteiger partial charge in [0.1, 0.15) is 0 Å². The normalized spacial score (nSPS) is 16.3. The van der Waals surface area contributed by atoms with E-state index in [2.05, 4.69) is 10.9 Å². The molecule has 27 heavy (non-hydrogen) atoms. The van der Waals surface area contributed by atoms with Crippen molar-refractivity contribution in [3.05, 3.63) is 64.2 Å². The summed E-state index contributed by atoms with van der Waals surface area (Å²) in [5.74, 6) is -1.47. The summed E-state index contributed by atoms with van der Waals surface area (Å²) in [5.41, 5.74) is 8.06. The molecule has 0 unspecified atom stereocenters. The largest absolute Gasteiger partial charge is 0.311 e. The van der Waals surface area contributed by atoms with Crippen molar-refractivity contribution in [1.29, 1.82) is 0 Å². The molecular weight excluding hydrogens is 366 g/mol. The quantitative estimate of drug-likeness (QED) is 0.797. The number of benzene rings is 2. The fourth-order valence-corrected chi connectivity index (χ4v) is 3.24. The average Bonchev–Trinajstić information content (AvgIpc) is 3.01. The summed E-state index contributed by atoms with van der Waals surface area (Å²) in [6.07, 6.45) is 0.107. The first-order valence-electron chi connectivity index (χ1n) is 8.58. The third-order valence-corrected chi connectivity index (χ3v) is 4.80. The molecule has 2 N–H and O–H groups in total. The lowest BCUT2D eigenvalue weighted by molar-refractivity contribution is -0.126. The van der Waals surface area contributed by atoms with Gasteiger partial charge in [-0.15, -0.1) is 0 Å². The summed E-state index contributed by atoms with van der Waals surface area (Å²) >= 11 is 5.79. The van der Waals surface area contributed by atoms with Gasteiger partial charge in [-0.05, 0) is 49.7 Å². The molecule has 7 heteroatoms. The topological polar surface area (TPSA) is 78.5 Å². The molecule has 2 aromatic rings. The van der Waals surface area contributed by atoms with E-state index >= 15 is 0 Å². The Kier molecular flexibility index (Phi) is 5.46. The third kappa shape index (κ3) is 4.28. The molecule has 1 aliphatic heterocycles. The molecule has 0 aromatic heterocycles. The van der Waals surface area contributed by atoms with E-state index in [1.165, 1.54) is 0 Å². The van der Waals surface area contributed by atoms with Crippen LogP contribution in [-0.4, -0.2) is 24.3 Å². The van der Waals surface area contributed by atoms with Gasteiger partial charge in [0.05, 0.1) is 5.92 Å². The van der Waals surface area contributed by atoms with Gasteiger partial charge >= 0.3 is 0 Å². The fraction of sp³-hybridized carbons (Fsp3) is 0.250. The third-order valence-electron chi connectivity index (χ3n) is 4.54. The van der Waals surface area contributed by atoms with Crippen LogP contribution in [0.2, 0.25) is 5.02 Å². The van der Waals surface area contributed by atoms with Crippen LogP contribution in [0.15, 0.2) is 42.5 Å². The van der Waals surface area contributed by atoms with Crippen LogP contribution in [-0.2, 0) is 9.59 Å². The summed E-state index contributed by atoms with van der Waals surface area (Å²) in [6, 6.07) is 12.1. The van der Waals surface area contributed by atoms with Crippen LogP contribution in [0.3, 0.4) is 0 Å². The number of nitrogens with zero attached hydrogens (tertiary/aromatic N) is 1. The van der Waals surface area contributed by atoms with Gasteiger partial charge in [0.2, 0.25) is 11.8 Å². The summed E-state index contributed by atoms with van der Waals surface area (Å²) in [5, 5.41) is 0.520. The lowest BCUT2D eigenvalue weighted by atomic mass is 10.1. The highest BCUT2D eigenvalue weighted by Gasteiger charge is 2.35. The molecule has 1 saturated heterocycles. The van der Waals surface area contributed by atoms with E-state index in [9.17, 15) is 14.4 Å². The van der Waals surface area contributed by atoms with Gasteiger partial charge in [0, 0.05) is 29.2 Å². The minimum absolute atomic E-state index is 0.105. The highest BCUT2D eigenvalue weighted by molar-refractivity contribution is 6.30. The lowest BCUT2D eigenvalue weighted by Gasteiger charge is -2.19. The standard InChI is InChI=1S/C20H20ClN3O3/c1-12-3-8-17(13(2)9-12)24-11-15(10-18(24)25)20(27)23-22-19(26)14-4-6-16(21)7-5-14/h3-9,15H,10-11H2,1-2H3,(H,22,26)(H,23,27)/t15-/m0/s1. The summed E-state index contributed by atoms with van der Waals surface area (Å²) in [6.45, 7) is 4.21. The summed E-state index contributed by atoms with van der Waals surface area (Å²) in [7, 11) is 0. The molecule has 1 atom stereocenters. The first kappa shape index (κ1) is 18.9. The Morgan fingerprint density at radius 1 is 1.07 bits per heavy atom. The highest BCUT2D eigenvalue weighted by atomic mass is 35.5. The van der Waals surface area contributed by atoms with E-state index in [4.69, 9.17) is 11.6 Å². The molecule has 0 spiro atoms. The number of rotatable bonds is 3. The molecule has 3 amide bonds. The highest BCUT2D eigenvalue weighted by Crippen LogP contribution is 2.28. The van der Waals surface area contributed by atoms with Crippen molar-refractivity contribution in [2.45, 2.75) is 20.3 Å². The van der Waals surface area contributed by atoms with Gasteiger partial charge in [-0.1, -0.05) is 29.3 Å². The maximum atomic E-state index is 12.4. The van der Waals surface area contributed by atoms with Crippen LogP contribution in [0.1, 0.15) is 27.9 Å². The van der Waals surface area contributed by atoms with Gasteiger partial charge in [0.15, 0.2) is 0 Å².